The fourth-order valence-electron chi connectivity index (χ4n) is 3.36. The number of nitrogens with zero attached hydrogens (tertiary/aromatic N) is 1. The van der Waals surface area contributed by atoms with E-state index >= 15 is 0 Å². The van der Waals surface area contributed by atoms with Gasteiger partial charge in [-0.25, -0.2) is 13.2 Å². The number of benzene rings is 3. The highest BCUT2D eigenvalue weighted by Crippen LogP contribution is 2.33. The zero-order chi connectivity index (χ0) is 18.4. The van der Waals surface area contributed by atoms with Crippen LogP contribution in [0.2, 0.25) is 0 Å². The highest BCUT2D eigenvalue weighted by atomic mass is 19.1. The van der Waals surface area contributed by atoms with Crippen LogP contribution in [0.1, 0.15) is 15.9 Å². The van der Waals surface area contributed by atoms with Crippen LogP contribution in [0.4, 0.5) is 13.2 Å². The number of para-hydroxylation sites is 1. The predicted molar refractivity (Wildman–Crippen MR) is 93.4 cm³/mol. The van der Waals surface area contributed by atoms with Gasteiger partial charge in [-0.1, -0.05) is 18.2 Å². The van der Waals surface area contributed by atoms with E-state index in [9.17, 15) is 18.0 Å². The molecule has 26 heavy (non-hydrogen) atoms. The van der Waals surface area contributed by atoms with Crippen molar-refractivity contribution in [3.8, 4) is 0 Å². The number of rotatable bonds is 3. The number of fused-ring (bicyclic) bond motifs is 3. The van der Waals surface area contributed by atoms with Crippen LogP contribution in [0, 0.1) is 17.5 Å². The lowest BCUT2D eigenvalue weighted by molar-refractivity contribution is 0.100. The van der Waals surface area contributed by atoms with Crippen LogP contribution in [0.3, 0.4) is 0 Å². The third kappa shape index (κ3) is 2.42. The maximum Gasteiger partial charge on any atom is 0.249 e. The molecule has 3 nitrogen and oxygen atoms in total. The third-order valence-corrected chi connectivity index (χ3v) is 4.46. The van der Waals surface area contributed by atoms with Crippen molar-refractivity contribution in [2.75, 3.05) is 0 Å². The fourth-order valence-corrected chi connectivity index (χ4v) is 3.36. The van der Waals surface area contributed by atoms with Gasteiger partial charge < -0.3 is 10.3 Å². The van der Waals surface area contributed by atoms with Crippen LogP contribution in [0.5, 0.6) is 0 Å². The molecule has 0 aliphatic rings. The van der Waals surface area contributed by atoms with E-state index in [0.717, 1.165) is 18.2 Å². The molecule has 0 spiro atoms. The summed E-state index contributed by atoms with van der Waals surface area (Å²) in [6.07, 6.45) is 0. The summed E-state index contributed by atoms with van der Waals surface area (Å²) in [5.41, 5.74) is 6.52. The number of aromatic nitrogens is 1. The van der Waals surface area contributed by atoms with Gasteiger partial charge in [-0.2, -0.15) is 0 Å². The van der Waals surface area contributed by atoms with Gasteiger partial charge in [-0.15, -0.1) is 0 Å². The molecule has 0 aliphatic carbocycles. The summed E-state index contributed by atoms with van der Waals surface area (Å²) in [5.74, 6) is -2.34. The van der Waals surface area contributed by atoms with E-state index in [1.165, 1.54) is 16.7 Å². The molecule has 1 aromatic heterocycles. The molecule has 0 saturated carbocycles. The van der Waals surface area contributed by atoms with E-state index < -0.39 is 23.4 Å². The standard InChI is InChI=1S/C20H13F3N2O/c21-12-7-8-15(22)11(9-12)10-25-17-6-2-4-14(20(24)26)18(17)13-3-1-5-16(23)19(13)25/h1-9H,10H2,(H2,24,26). The lowest BCUT2D eigenvalue weighted by atomic mass is 10.1. The van der Waals surface area contributed by atoms with Crippen LogP contribution < -0.4 is 5.73 Å². The van der Waals surface area contributed by atoms with Gasteiger partial charge in [0.05, 0.1) is 17.6 Å². The first-order chi connectivity index (χ1) is 12.5. The van der Waals surface area contributed by atoms with Gasteiger partial charge in [0.15, 0.2) is 0 Å². The SMILES string of the molecule is NC(=O)c1cccc2c1c1cccc(F)c1n2Cc1cc(F)ccc1F. The fraction of sp³-hybridized carbons (Fsp3) is 0.0500. The molecule has 130 valence electrons. The maximum atomic E-state index is 14.6. The van der Waals surface area contributed by atoms with Gasteiger partial charge in [0.25, 0.3) is 0 Å². The van der Waals surface area contributed by atoms with Gasteiger partial charge >= 0.3 is 0 Å². The Morgan fingerprint density at radius 1 is 0.962 bits per heavy atom. The Bertz CT molecular complexity index is 1180. The molecule has 0 radical (unpaired) electrons. The third-order valence-electron chi connectivity index (χ3n) is 4.46. The number of carbonyl (C=O) groups is 1. The van der Waals surface area contributed by atoms with E-state index in [4.69, 9.17) is 5.73 Å². The van der Waals surface area contributed by atoms with Crippen LogP contribution in [0.15, 0.2) is 54.6 Å². The van der Waals surface area contributed by atoms with E-state index in [-0.39, 0.29) is 23.2 Å². The summed E-state index contributed by atoms with van der Waals surface area (Å²) in [5, 5.41) is 0.984. The Hall–Kier alpha value is -3.28. The molecule has 6 heteroatoms. The largest absolute Gasteiger partial charge is 0.366 e. The first-order valence-electron chi connectivity index (χ1n) is 7.90. The minimum atomic E-state index is -0.643. The molecule has 4 aromatic rings. The number of hydrogen-bond acceptors (Lipinski definition) is 1. The topological polar surface area (TPSA) is 48.0 Å². The Kier molecular flexibility index (Phi) is 3.68. The highest BCUT2D eigenvalue weighted by Gasteiger charge is 2.19. The van der Waals surface area contributed by atoms with Crippen molar-refractivity contribution in [2.45, 2.75) is 6.54 Å². The normalized spacial score (nSPS) is 11.3. The minimum Gasteiger partial charge on any atom is -0.366 e. The highest BCUT2D eigenvalue weighted by molar-refractivity contribution is 6.17. The first-order valence-corrected chi connectivity index (χ1v) is 7.90. The lowest BCUT2D eigenvalue weighted by Gasteiger charge is -2.09. The summed E-state index contributed by atoms with van der Waals surface area (Å²) >= 11 is 0. The van der Waals surface area contributed by atoms with Gasteiger partial charge in [0, 0.05) is 21.9 Å². The van der Waals surface area contributed by atoms with Crippen molar-refractivity contribution in [1.29, 1.82) is 0 Å². The number of carbonyl (C=O) groups excluding carboxylic acids is 1. The predicted octanol–water partition coefficient (Wildman–Crippen LogP) is 4.36. The number of halogens is 3. The Morgan fingerprint density at radius 3 is 2.50 bits per heavy atom. The number of amides is 1. The van der Waals surface area contributed by atoms with Crippen molar-refractivity contribution in [3.05, 3.63) is 83.2 Å². The molecule has 0 fully saturated rings. The van der Waals surface area contributed by atoms with Crippen LogP contribution in [-0.4, -0.2) is 10.5 Å². The summed E-state index contributed by atoms with van der Waals surface area (Å²) in [6.45, 7) is -0.0905. The molecular formula is C20H13F3N2O. The molecule has 1 amide bonds. The number of hydrogen-bond donors (Lipinski definition) is 1. The second-order valence-electron chi connectivity index (χ2n) is 6.02. The molecule has 0 atom stereocenters. The van der Waals surface area contributed by atoms with E-state index in [2.05, 4.69) is 0 Å². The van der Waals surface area contributed by atoms with Crippen LogP contribution in [0.25, 0.3) is 21.8 Å². The summed E-state index contributed by atoms with van der Waals surface area (Å²) in [4.78, 5) is 11.8. The summed E-state index contributed by atoms with van der Waals surface area (Å²) in [7, 11) is 0. The molecule has 0 unspecified atom stereocenters. The van der Waals surface area contributed by atoms with Gasteiger partial charge in [0.2, 0.25) is 5.91 Å². The Labute approximate surface area is 146 Å². The van der Waals surface area contributed by atoms with E-state index in [1.807, 2.05) is 0 Å². The average Bonchev–Trinajstić information content (AvgIpc) is 2.93. The molecule has 4 rings (SSSR count). The minimum absolute atomic E-state index is 0.0801. The number of primary amides is 1. The summed E-state index contributed by atoms with van der Waals surface area (Å²) in [6, 6.07) is 12.5. The second-order valence-corrected chi connectivity index (χ2v) is 6.02. The molecule has 2 N–H and O–H groups in total. The maximum absolute atomic E-state index is 14.6. The van der Waals surface area contributed by atoms with Gasteiger partial charge in [-0.05, 0) is 36.4 Å². The molecular weight excluding hydrogens is 341 g/mol. The lowest BCUT2D eigenvalue weighted by Crippen LogP contribution is -2.11. The summed E-state index contributed by atoms with van der Waals surface area (Å²) < 4.78 is 43.8. The Morgan fingerprint density at radius 2 is 1.73 bits per heavy atom. The van der Waals surface area contributed by atoms with Crippen molar-refractivity contribution in [3.63, 3.8) is 0 Å². The molecule has 1 heterocycles. The van der Waals surface area contributed by atoms with Crippen molar-refractivity contribution in [1.82, 2.24) is 4.57 Å². The van der Waals surface area contributed by atoms with Crippen LogP contribution in [-0.2, 0) is 6.54 Å². The van der Waals surface area contributed by atoms with Crippen molar-refractivity contribution >= 4 is 27.7 Å². The van der Waals surface area contributed by atoms with Crippen LogP contribution >= 0.6 is 0 Å². The van der Waals surface area contributed by atoms with Crippen molar-refractivity contribution < 1.29 is 18.0 Å². The Balaban J connectivity index is 2.09. The zero-order valence-electron chi connectivity index (χ0n) is 13.5. The zero-order valence-corrected chi connectivity index (χ0v) is 13.5. The van der Waals surface area contributed by atoms with E-state index in [0.29, 0.717) is 16.3 Å². The van der Waals surface area contributed by atoms with Gasteiger partial charge in [-0.3, -0.25) is 4.79 Å². The molecule has 0 saturated heterocycles. The monoisotopic (exact) mass is 354 g/mol. The average molecular weight is 354 g/mol. The molecule has 0 aliphatic heterocycles. The first kappa shape index (κ1) is 16.2. The molecule has 3 aromatic carbocycles. The van der Waals surface area contributed by atoms with Gasteiger partial charge in [0.1, 0.15) is 17.5 Å². The smallest absolute Gasteiger partial charge is 0.249 e. The quantitative estimate of drug-likeness (QED) is 0.584. The van der Waals surface area contributed by atoms with E-state index in [1.54, 1.807) is 24.3 Å². The number of nitrogens with two attached hydrogens (primary N) is 1. The second kappa shape index (κ2) is 5.91. The molecule has 0 bridgehead atoms. The van der Waals surface area contributed by atoms with Crippen molar-refractivity contribution in [2.24, 2.45) is 5.73 Å².